The Morgan fingerprint density at radius 3 is 1.93 bits per heavy atom. The summed E-state index contributed by atoms with van der Waals surface area (Å²) in [6, 6.07) is 14.9. The van der Waals surface area contributed by atoms with Crippen molar-refractivity contribution in [3.63, 3.8) is 0 Å². The molecule has 27 heavy (non-hydrogen) atoms. The number of nitrogens with one attached hydrogen (secondary N) is 1. The van der Waals surface area contributed by atoms with E-state index in [4.69, 9.17) is 5.73 Å². The van der Waals surface area contributed by atoms with Crippen molar-refractivity contribution >= 4 is 21.7 Å². The lowest BCUT2D eigenvalue weighted by Crippen LogP contribution is -2.14. The summed E-state index contributed by atoms with van der Waals surface area (Å²) in [7, 11) is -3.87. The van der Waals surface area contributed by atoms with Crippen LogP contribution >= 0.6 is 0 Å². The van der Waals surface area contributed by atoms with Crippen LogP contribution in [0.3, 0.4) is 0 Å². The summed E-state index contributed by atoms with van der Waals surface area (Å²) < 4.78 is 65.0. The molecule has 9 heteroatoms. The Labute approximate surface area is 153 Å². The highest BCUT2D eigenvalue weighted by Crippen LogP contribution is 2.31. The van der Waals surface area contributed by atoms with Crippen LogP contribution in [-0.4, -0.2) is 13.4 Å². The van der Waals surface area contributed by atoms with Gasteiger partial charge in [-0.2, -0.15) is 13.2 Å². The first-order chi connectivity index (χ1) is 12.6. The number of rotatable bonds is 4. The van der Waals surface area contributed by atoms with Crippen LogP contribution in [0.25, 0.3) is 11.1 Å². The van der Waals surface area contributed by atoms with Gasteiger partial charge < -0.3 is 5.73 Å². The van der Waals surface area contributed by atoms with Crippen molar-refractivity contribution in [3.8, 4) is 11.1 Å². The molecule has 3 rings (SSSR count). The average Bonchev–Trinajstić information content (AvgIpc) is 2.61. The lowest BCUT2D eigenvalue weighted by molar-refractivity contribution is -0.137. The predicted octanol–water partition coefficient (Wildman–Crippen LogP) is 4.15. The maximum absolute atomic E-state index is 12.6. The van der Waals surface area contributed by atoms with Gasteiger partial charge in [0.1, 0.15) is 11.6 Å². The first-order valence-electron chi connectivity index (χ1n) is 7.68. The summed E-state index contributed by atoms with van der Waals surface area (Å²) in [5.74, 6) is 0.259. The Hall–Kier alpha value is -3.07. The number of sulfonamides is 1. The van der Waals surface area contributed by atoms with Crippen LogP contribution in [0.15, 0.2) is 71.6 Å². The van der Waals surface area contributed by atoms with Gasteiger partial charge in [-0.25, -0.2) is 13.4 Å². The van der Waals surface area contributed by atoms with E-state index in [1.807, 2.05) is 0 Å². The zero-order chi connectivity index (χ0) is 19.7. The highest BCUT2D eigenvalue weighted by Gasteiger charge is 2.30. The second-order valence-corrected chi connectivity index (χ2v) is 7.34. The van der Waals surface area contributed by atoms with E-state index in [0.29, 0.717) is 11.1 Å². The molecule has 2 aromatic carbocycles. The standard InChI is InChI=1S/C18H14F3N3O2S/c19-18(20,21)14-8-4-12(5-9-14)13-6-10-15(11-7-13)27(25,26)24-17-3-1-2-16(22)23-17/h1-11H,(H3,22,23,24). The largest absolute Gasteiger partial charge is 0.416 e. The Bertz CT molecular complexity index is 1050. The maximum atomic E-state index is 12.6. The number of hydrogen-bond donors (Lipinski definition) is 2. The monoisotopic (exact) mass is 393 g/mol. The Balaban J connectivity index is 1.82. The summed E-state index contributed by atoms with van der Waals surface area (Å²) in [6.45, 7) is 0. The zero-order valence-electron chi connectivity index (χ0n) is 13.7. The molecule has 0 aliphatic heterocycles. The third-order valence-electron chi connectivity index (χ3n) is 3.72. The van der Waals surface area contributed by atoms with Crippen LogP contribution in [0.1, 0.15) is 5.56 Å². The van der Waals surface area contributed by atoms with Crippen LogP contribution in [0.5, 0.6) is 0 Å². The van der Waals surface area contributed by atoms with E-state index in [0.717, 1.165) is 12.1 Å². The molecule has 0 amide bonds. The van der Waals surface area contributed by atoms with Gasteiger partial charge in [0.25, 0.3) is 10.0 Å². The zero-order valence-corrected chi connectivity index (χ0v) is 14.6. The second kappa shape index (κ2) is 6.92. The quantitative estimate of drug-likeness (QED) is 0.697. The number of alkyl halides is 3. The highest BCUT2D eigenvalue weighted by atomic mass is 32.2. The normalized spacial score (nSPS) is 12.0. The van der Waals surface area contributed by atoms with Crippen LogP contribution in [-0.2, 0) is 16.2 Å². The van der Waals surface area contributed by atoms with Gasteiger partial charge in [-0.3, -0.25) is 4.72 Å². The summed E-state index contributed by atoms with van der Waals surface area (Å²) in [6.07, 6.45) is -4.41. The second-order valence-electron chi connectivity index (χ2n) is 5.65. The van der Waals surface area contributed by atoms with Gasteiger partial charge in [-0.15, -0.1) is 0 Å². The van der Waals surface area contributed by atoms with Crippen LogP contribution in [0.4, 0.5) is 24.8 Å². The Morgan fingerprint density at radius 2 is 1.41 bits per heavy atom. The van der Waals surface area contributed by atoms with Crippen LogP contribution in [0, 0.1) is 0 Å². The third kappa shape index (κ3) is 4.37. The van der Waals surface area contributed by atoms with Gasteiger partial charge >= 0.3 is 6.18 Å². The number of aromatic nitrogens is 1. The number of halogens is 3. The first kappa shape index (κ1) is 18.7. The molecule has 1 heterocycles. The van der Waals surface area contributed by atoms with Gasteiger partial charge in [0.05, 0.1) is 10.5 Å². The van der Waals surface area contributed by atoms with Crippen molar-refractivity contribution in [2.45, 2.75) is 11.1 Å². The van der Waals surface area contributed by atoms with E-state index in [1.54, 1.807) is 6.07 Å². The smallest absolute Gasteiger partial charge is 0.384 e. The lowest BCUT2D eigenvalue weighted by Gasteiger charge is -2.10. The predicted molar refractivity (Wildman–Crippen MR) is 96.3 cm³/mol. The van der Waals surface area contributed by atoms with E-state index >= 15 is 0 Å². The SMILES string of the molecule is Nc1cccc(NS(=O)(=O)c2ccc(-c3ccc(C(F)(F)F)cc3)cc2)n1. The van der Waals surface area contributed by atoms with E-state index in [2.05, 4.69) is 9.71 Å². The van der Waals surface area contributed by atoms with Crippen molar-refractivity contribution in [1.29, 1.82) is 0 Å². The van der Waals surface area contributed by atoms with E-state index in [-0.39, 0.29) is 16.5 Å². The van der Waals surface area contributed by atoms with Crippen molar-refractivity contribution in [1.82, 2.24) is 4.98 Å². The van der Waals surface area contributed by atoms with Gasteiger partial charge in [0, 0.05) is 0 Å². The van der Waals surface area contributed by atoms with Crippen molar-refractivity contribution in [2.24, 2.45) is 0 Å². The molecule has 0 radical (unpaired) electrons. The van der Waals surface area contributed by atoms with Gasteiger partial charge in [-0.05, 0) is 47.5 Å². The third-order valence-corrected chi connectivity index (χ3v) is 5.09. The molecule has 0 aliphatic carbocycles. The summed E-state index contributed by atoms with van der Waals surface area (Å²) in [4.78, 5) is 3.86. The van der Waals surface area contributed by atoms with Crippen molar-refractivity contribution in [2.75, 3.05) is 10.5 Å². The van der Waals surface area contributed by atoms with Gasteiger partial charge in [-0.1, -0.05) is 30.3 Å². The molecule has 0 unspecified atom stereocenters. The molecule has 5 nitrogen and oxygen atoms in total. The minimum absolute atomic E-state index is 0.0117. The maximum Gasteiger partial charge on any atom is 0.416 e. The number of hydrogen-bond acceptors (Lipinski definition) is 4. The summed E-state index contributed by atoms with van der Waals surface area (Å²) >= 11 is 0. The van der Waals surface area contributed by atoms with Crippen molar-refractivity contribution < 1.29 is 21.6 Å². The van der Waals surface area contributed by atoms with Gasteiger partial charge in [0.2, 0.25) is 0 Å². The average molecular weight is 393 g/mol. The molecule has 0 atom stereocenters. The topological polar surface area (TPSA) is 85.1 Å². The lowest BCUT2D eigenvalue weighted by atomic mass is 10.0. The van der Waals surface area contributed by atoms with Crippen molar-refractivity contribution in [3.05, 3.63) is 72.3 Å². The number of nitrogens with zero attached hydrogens (tertiary/aromatic N) is 1. The molecular formula is C18H14F3N3O2S. The molecule has 0 spiro atoms. The molecule has 0 saturated heterocycles. The van der Waals surface area contributed by atoms with E-state index in [1.165, 1.54) is 48.5 Å². The molecule has 1 aromatic heterocycles. The fourth-order valence-corrected chi connectivity index (χ4v) is 3.38. The molecule has 0 saturated carbocycles. The minimum atomic E-state index is -4.41. The number of nitrogens with two attached hydrogens (primary N) is 1. The Kier molecular flexibility index (Phi) is 4.79. The molecule has 0 aliphatic rings. The number of nitrogen functional groups attached to an aromatic ring is 1. The number of anilines is 2. The van der Waals surface area contributed by atoms with Gasteiger partial charge in [0.15, 0.2) is 0 Å². The van der Waals surface area contributed by atoms with E-state index < -0.39 is 21.8 Å². The molecule has 3 aromatic rings. The number of pyridine rings is 1. The summed E-state index contributed by atoms with van der Waals surface area (Å²) in [5.41, 5.74) is 5.90. The summed E-state index contributed by atoms with van der Waals surface area (Å²) in [5, 5.41) is 0. The first-order valence-corrected chi connectivity index (χ1v) is 9.16. The fourth-order valence-electron chi connectivity index (χ4n) is 2.38. The molecule has 0 bridgehead atoms. The Morgan fingerprint density at radius 1 is 0.852 bits per heavy atom. The minimum Gasteiger partial charge on any atom is -0.384 e. The molecular weight excluding hydrogens is 379 g/mol. The van der Waals surface area contributed by atoms with E-state index in [9.17, 15) is 21.6 Å². The molecule has 3 N–H and O–H groups in total. The van der Waals surface area contributed by atoms with Crippen LogP contribution < -0.4 is 10.5 Å². The fraction of sp³-hybridized carbons (Fsp3) is 0.0556. The molecule has 0 fully saturated rings. The molecule has 140 valence electrons. The van der Waals surface area contributed by atoms with Crippen LogP contribution in [0.2, 0.25) is 0 Å². The highest BCUT2D eigenvalue weighted by molar-refractivity contribution is 7.92. The number of benzene rings is 2.